The molecule has 1 aromatic rings. The molecule has 4 heteroatoms. The Balaban J connectivity index is 1.87. The van der Waals surface area contributed by atoms with Crippen molar-refractivity contribution in [3.8, 4) is 0 Å². The first-order valence-electron chi connectivity index (χ1n) is 7.62. The summed E-state index contributed by atoms with van der Waals surface area (Å²) in [6.45, 7) is 6.65. The van der Waals surface area contributed by atoms with Crippen LogP contribution in [0.5, 0.6) is 0 Å². The van der Waals surface area contributed by atoms with Gasteiger partial charge in [-0.15, -0.1) is 11.3 Å². The van der Waals surface area contributed by atoms with E-state index in [1.54, 1.807) is 0 Å². The highest BCUT2D eigenvalue weighted by Gasteiger charge is 2.29. The second-order valence-corrected chi connectivity index (χ2v) is 7.55. The molecule has 1 aromatic heterocycles. The molecule has 1 fully saturated rings. The number of rotatable bonds is 10. The molecule has 108 valence electrons. The third-order valence-corrected chi connectivity index (χ3v) is 5.73. The topological polar surface area (TPSA) is 24.9 Å². The normalized spacial score (nSPS) is 15.1. The zero-order valence-corrected chi connectivity index (χ0v) is 13.8. The molecule has 0 saturated heterocycles. The molecule has 1 heterocycles. The van der Waals surface area contributed by atoms with Gasteiger partial charge in [0.25, 0.3) is 0 Å². The highest BCUT2D eigenvalue weighted by molar-refractivity contribution is 7.98. The van der Waals surface area contributed by atoms with Crippen LogP contribution in [0.2, 0.25) is 0 Å². The van der Waals surface area contributed by atoms with Gasteiger partial charge in [0.05, 0.1) is 5.69 Å². The maximum Gasteiger partial charge on any atom is 0.103 e. The second kappa shape index (κ2) is 8.28. The lowest BCUT2D eigenvalue weighted by molar-refractivity contribution is 0.642. The molecule has 19 heavy (non-hydrogen) atoms. The van der Waals surface area contributed by atoms with Crippen LogP contribution < -0.4 is 5.32 Å². The lowest BCUT2D eigenvalue weighted by Crippen LogP contribution is -2.14. The van der Waals surface area contributed by atoms with E-state index in [4.69, 9.17) is 4.98 Å². The Bertz CT molecular complexity index is 372. The summed E-state index contributed by atoms with van der Waals surface area (Å²) in [5, 5.41) is 4.91. The van der Waals surface area contributed by atoms with Gasteiger partial charge in [0.15, 0.2) is 0 Å². The Labute approximate surface area is 125 Å². The number of nitrogens with one attached hydrogen (secondary N) is 1. The van der Waals surface area contributed by atoms with Crippen LogP contribution >= 0.6 is 23.1 Å². The van der Waals surface area contributed by atoms with Crippen molar-refractivity contribution >= 4 is 23.1 Å². The van der Waals surface area contributed by atoms with Crippen LogP contribution in [0.3, 0.4) is 0 Å². The van der Waals surface area contributed by atoms with Gasteiger partial charge in [0.1, 0.15) is 5.01 Å². The molecule has 0 aromatic carbocycles. The third-order valence-electron chi connectivity index (χ3n) is 3.30. The molecule has 1 saturated carbocycles. The minimum Gasteiger partial charge on any atom is -0.312 e. The Morgan fingerprint density at radius 2 is 2.16 bits per heavy atom. The predicted molar refractivity (Wildman–Crippen MR) is 87.2 cm³/mol. The Kier molecular flexibility index (Phi) is 6.68. The van der Waals surface area contributed by atoms with Crippen molar-refractivity contribution in [2.45, 2.75) is 64.2 Å². The maximum absolute atomic E-state index is 4.90. The van der Waals surface area contributed by atoms with E-state index < -0.39 is 0 Å². The summed E-state index contributed by atoms with van der Waals surface area (Å²) in [5.74, 6) is 3.14. The molecule has 0 spiro atoms. The largest absolute Gasteiger partial charge is 0.312 e. The summed E-state index contributed by atoms with van der Waals surface area (Å²) in [5.41, 5.74) is 1.42. The average molecular weight is 299 g/mol. The van der Waals surface area contributed by atoms with Crippen molar-refractivity contribution in [1.82, 2.24) is 10.3 Å². The zero-order chi connectivity index (χ0) is 13.5. The van der Waals surface area contributed by atoms with Gasteiger partial charge in [-0.1, -0.05) is 20.3 Å². The van der Waals surface area contributed by atoms with Crippen molar-refractivity contribution in [2.24, 2.45) is 0 Å². The fraction of sp³-hybridized carbons (Fsp3) is 0.800. The predicted octanol–water partition coefficient (Wildman–Crippen LogP) is 4.55. The van der Waals surface area contributed by atoms with E-state index in [2.05, 4.69) is 19.2 Å². The molecular formula is C15H26N2S2. The van der Waals surface area contributed by atoms with Gasteiger partial charge >= 0.3 is 0 Å². The molecule has 0 amide bonds. The van der Waals surface area contributed by atoms with Gasteiger partial charge in [-0.05, 0) is 38.0 Å². The number of hydrogen-bond donors (Lipinski definition) is 1. The molecule has 1 aliphatic carbocycles. The maximum atomic E-state index is 4.90. The Morgan fingerprint density at radius 1 is 1.32 bits per heavy atom. The molecule has 1 N–H and O–H groups in total. The van der Waals surface area contributed by atoms with Crippen LogP contribution in [0.4, 0.5) is 0 Å². The summed E-state index contributed by atoms with van der Waals surface area (Å²) in [7, 11) is 0. The number of thiazole rings is 1. The molecule has 0 radical (unpaired) electrons. The summed E-state index contributed by atoms with van der Waals surface area (Å²) in [4.78, 5) is 6.41. The minimum absolute atomic E-state index is 0.782. The van der Waals surface area contributed by atoms with Gasteiger partial charge in [-0.25, -0.2) is 4.98 Å². The van der Waals surface area contributed by atoms with Gasteiger partial charge in [-0.3, -0.25) is 0 Å². The number of nitrogens with zero attached hydrogens (tertiary/aromatic N) is 1. The van der Waals surface area contributed by atoms with Gasteiger partial charge in [0.2, 0.25) is 0 Å². The molecule has 1 aliphatic rings. The van der Waals surface area contributed by atoms with Crippen LogP contribution in [0, 0.1) is 0 Å². The van der Waals surface area contributed by atoms with Crippen molar-refractivity contribution < 1.29 is 0 Å². The van der Waals surface area contributed by atoms with Crippen LogP contribution in [-0.4, -0.2) is 17.3 Å². The summed E-state index contributed by atoms with van der Waals surface area (Å²) in [6, 6.07) is 0. The van der Waals surface area contributed by atoms with Crippen LogP contribution in [0.15, 0.2) is 0 Å². The monoisotopic (exact) mass is 298 g/mol. The molecular weight excluding hydrogens is 272 g/mol. The fourth-order valence-electron chi connectivity index (χ4n) is 2.09. The zero-order valence-electron chi connectivity index (χ0n) is 12.2. The molecule has 0 aliphatic heterocycles. The van der Waals surface area contributed by atoms with Gasteiger partial charge in [-0.2, -0.15) is 11.8 Å². The Morgan fingerprint density at radius 3 is 2.84 bits per heavy atom. The average Bonchev–Trinajstić information content (AvgIpc) is 3.18. The number of hydrogen-bond acceptors (Lipinski definition) is 4. The Hall–Kier alpha value is -0.0600. The van der Waals surface area contributed by atoms with Crippen molar-refractivity contribution in [2.75, 3.05) is 12.3 Å². The first-order chi connectivity index (χ1) is 9.35. The van der Waals surface area contributed by atoms with E-state index in [9.17, 15) is 0 Å². The van der Waals surface area contributed by atoms with E-state index in [1.165, 1.54) is 53.4 Å². The number of aromatic nitrogens is 1. The first-order valence-corrected chi connectivity index (χ1v) is 9.59. The molecule has 0 unspecified atom stereocenters. The number of unbranched alkanes of at least 4 members (excludes halogenated alkanes) is 1. The summed E-state index contributed by atoms with van der Waals surface area (Å²) in [6.07, 6.45) is 6.51. The van der Waals surface area contributed by atoms with E-state index in [-0.39, 0.29) is 0 Å². The molecule has 2 nitrogen and oxygen atoms in total. The number of thioether (sulfide) groups is 1. The SMILES string of the molecule is CCCCNCc1sc(CSCCC)nc1C1CC1. The van der Waals surface area contributed by atoms with E-state index in [0.29, 0.717) is 0 Å². The quantitative estimate of drug-likeness (QED) is 0.641. The lowest BCUT2D eigenvalue weighted by Gasteiger charge is -2.03. The van der Waals surface area contributed by atoms with Gasteiger partial charge < -0.3 is 5.32 Å². The summed E-state index contributed by atoms with van der Waals surface area (Å²) < 4.78 is 0. The first kappa shape index (κ1) is 15.3. The second-order valence-electron chi connectivity index (χ2n) is 5.27. The van der Waals surface area contributed by atoms with Gasteiger partial charge in [0, 0.05) is 23.1 Å². The van der Waals surface area contributed by atoms with Crippen molar-refractivity contribution in [1.29, 1.82) is 0 Å². The fourth-order valence-corrected chi connectivity index (χ4v) is 4.16. The van der Waals surface area contributed by atoms with Crippen LogP contribution in [0.1, 0.15) is 67.4 Å². The highest BCUT2D eigenvalue weighted by Crippen LogP contribution is 2.43. The van der Waals surface area contributed by atoms with Crippen LogP contribution in [0.25, 0.3) is 0 Å². The van der Waals surface area contributed by atoms with E-state index >= 15 is 0 Å². The standard InChI is InChI=1S/C15H26N2S2/c1-3-5-8-16-10-13-15(12-6-7-12)17-14(19-13)11-18-9-4-2/h12,16H,3-11H2,1-2H3. The van der Waals surface area contributed by atoms with Crippen molar-refractivity contribution in [3.63, 3.8) is 0 Å². The minimum atomic E-state index is 0.782. The smallest absolute Gasteiger partial charge is 0.103 e. The third kappa shape index (κ3) is 5.09. The highest BCUT2D eigenvalue weighted by atomic mass is 32.2. The molecule has 2 rings (SSSR count). The molecule has 0 bridgehead atoms. The van der Waals surface area contributed by atoms with Crippen LogP contribution in [-0.2, 0) is 12.3 Å². The summed E-state index contributed by atoms with van der Waals surface area (Å²) >= 11 is 3.96. The lowest BCUT2D eigenvalue weighted by atomic mass is 10.2. The van der Waals surface area contributed by atoms with E-state index in [1.807, 2.05) is 23.1 Å². The van der Waals surface area contributed by atoms with E-state index in [0.717, 1.165) is 24.8 Å². The molecule has 0 atom stereocenters. The van der Waals surface area contributed by atoms with Crippen molar-refractivity contribution in [3.05, 3.63) is 15.6 Å².